The van der Waals surface area contributed by atoms with Crippen LogP contribution in [0.25, 0.3) is 0 Å². The van der Waals surface area contributed by atoms with Gasteiger partial charge in [-0.3, -0.25) is 4.79 Å². The predicted molar refractivity (Wildman–Crippen MR) is 85.3 cm³/mol. The number of nitrogens with one attached hydrogen (secondary N) is 3. The third kappa shape index (κ3) is 3.02. The van der Waals surface area contributed by atoms with Crippen molar-refractivity contribution in [2.75, 3.05) is 33.4 Å². The summed E-state index contributed by atoms with van der Waals surface area (Å²) in [6.07, 6.45) is 0.971. The van der Waals surface area contributed by atoms with Gasteiger partial charge in [0.15, 0.2) is 0 Å². The molecule has 0 unspecified atom stereocenters. The fourth-order valence-corrected chi connectivity index (χ4v) is 3.50. The van der Waals surface area contributed by atoms with Crippen LogP contribution in [0.2, 0.25) is 0 Å². The number of fused-ring (bicyclic) bond motifs is 1. The monoisotopic (exact) mass is 303 g/mol. The zero-order chi connectivity index (χ0) is 15.4. The Bertz CT molecular complexity index is 517. The molecule has 22 heavy (non-hydrogen) atoms. The maximum atomic E-state index is 12.7. The van der Waals surface area contributed by atoms with Crippen LogP contribution in [0, 0.1) is 11.3 Å². The van der Waals surface area contributed by atoms with Crippen molar-refractivity contribution in [1.29, 1.82) is 0 Å². The lowest BCUT2D eigenvalue weighted by molar-refractivity contribution is -0.141. The van der Waals surface area contributed by atoms with E-state index in [1.54, 1.807) is 0 Å². The molecule has 2 atom stereocenters. The first kappa shape index (κ1) is 15.5. The van der Waals surface area contributed by atoms with Crippen LogP contribution in [-0.2, 0) is 22.6 Å². The van der Waals surface area contributed by atoms with E-state index >= 15 is 0 Å². The lowest BCUT2D eigenvalue weighted by Gasteiger charge is -2.36. The summed E-state index contributed by atoms with van der Waals surface area (Å²) < 4.78 is 5.59. The summed E-state index contributed by atoms with van der Waals surface area (Å²) >= 11 is 0. The number of benzene rings is 1. The van der Waals surface area contributed by atoms with Crippen LogP contribution in [0.1, 0.15) is 17.5 Å². The van der Waals surface area contributed by atoms with Crippen molar-refractivity contribution in [2.24, 2.45) is 11.3 Å². The molecule has 2 fully saturated rings. The SMILES string of the molecule is CNCc1ccc(CNC(=O)[C@]23CNC[C@H]2CCOC3)cc1. The molecule has 0 spiro atoms. The van der Waals surface area contributed by atoms with Crippen molar-refractivity contribution in [3.05, 3.63) is 35.4 Å². The molecular formula is C17H25N3O2. The van der Waals surface area contributed by atoms with Crippen LogP contribution in [0.3, 0.4) is 0 Å². The minimum absolute atomic E-state index is 0.126. The maximum Gasteiger partial charge on any atom is 0.230 e. The molecule has 1 amide bonds. The van der Waals surface area contributed by atoms with E-state index < -0.39 is 0 Å². The van der Waals surface area contributed by atoms with E-state index in [1.807, 2.05) is 7.05 Å². The Labute approximate surface area is 131 Å². The van der Waals surface area contributed by atoms with Gasteiger partial charge in [-0.25, -0.2) is 0 Å². The first-order valence-corrected chi connectivity index (χ1v) is 8.04. The lowest BCUT2D eigenvalue weighted by atomic mass is 9.75. The fourth-order valence-electron chi connectivity index (χ4n) is 3.50. The Hall–Kier alpha value is -1.43. The van der Waals surface area contributed by atoms with Crippen molar-refractivity contribution in [3.8, 4) is 0 Å². The number of amides is 1. The predicted octanol–water partition coefficient (Wildman–Crippen LogP) is 0.648. The second-order valence-corrected chi connectivity index (χ2v) is 6.35. The van der Waals surface area contributed by atoms with Crippen LogP contribution >= 0.6 is 0 Å². The molecular weight excluding hydrogens is 278 g/mol. The lowest BCUT2D eigenvalue weighted by Crippen LogP contribution is -2.51. The normalized spacial score (nSPS) is 27.4. The third-order valence-corrected chi connectivity index (χ3v) is 4.89. The first-order chi connectivity index (χ1) is 10.7. The minimum Gasteiger partial charge on any atom is -0.380 e. The average molecular weight is 303 g/mol. The maximum absolute atomic E-state index is 12.7. The highest BCUT2D eigenvalue weighted by Gasteiger charge is 2.50. The van der Waals surface area contributed by atoms with Crippen molar-refractivity contribution < 1.29 is 9.53 Å². The minimum atomic E-state index is -0.371. The van der Waals surface area contributed by atoms with Gasteiger partial charge in [-0.15, -0.1) is 0 Å². The molecule has 3 N–H and O–H groups in total. The van der Waals surface area contributed by atoms with Gasteiger partial charge in [-0.2, -0.15) is 0 Å². The molecule has 1 aromatic rings. The van der Waals surface area contributed by atoms with Crippen LogP contribution < -0.4 is 16.0 Å². The van der Waals surface area contributed by atoms with E-state index in [4.69, 9.17) is 4.74 Å². The summed E-state index contributed by atoms with van der Waals surface area (Å²) in [5.41, 5.74) is 2.00. The molecule has 2 heterocycles. The molecule has 0 radical (unpaired) electrons. The Morgan fingerprint density at radius 3 is 2.77 bits per heavy atom. The van der Waals surface area contributed by atoms with Gasteiger partial charge in [-0.1, -0.05) is 24.3 Å². The summed E-state index contributed by atoms with van der Waals surface area (Å²) in [6, 6.07) is 8.35. The zero-order valence-corrected chi connectivity index (χ0v) is 13.2. The quantitative estimate of drug-likeness (QED) is 0.747. The molecule has 5 heteroatoms. The van der Waals surface area contributed by atoms with Gasteiger partial charge in [0.1, 0.15) is 0 Å². The van der Waals surface area contributed by atoms with Crippen LogP contribution in [0.4, 0.5) is 0 Å². The average Bonchev–Trinajstić information content (AvgIpc) is 2.99. The van der Waals surface area contributed by atoms with E-state index in [1.165, 1.54) is 5.56 Å². The number of rotatable bonds is 5. The molecule has 0 saturated carbocycles. The third-order valence-electron chi connectivity index (χ3n) is 4.89. The Balaban J connectivity index is 1.59. The highest BCUT2D eigenvalue weighted by Crippen LogP contribution is 2.37. The van der Waals surface area contributed by atoms with Crippen molar-refractivity contribution in [3.63, 3.8) is 0 Å². The summed E-state index contributed by atoms with van der Waals surface area (Å²) in [4.78, 5) is 12.7. The van der Waals surface area contributed by atoms with E-state index in [2.05, 4.69) is 40.2 Å². The van der Waals surface area contributed by atoms with Crippen LogP contribution in [-0.4, -0.2) is 39.3 Å². The largest absolute Gasteiger partial charge is 0.380 e. The summed E-state index contributed by atoms with van der Waals surface area (Å²) in [5, 5.41) is 9.60. The number of carbonyl (C=O) groups is 1. The molecule has 2 aliphatic rings. The van der Waals surface area contributed by atoms with Gasteiger partial charge in [0, 0.05) is 26.2 Å². The van der Waals surface area contributed by atoms with Crippen LogP contribution in [0.15, 0.2) is 24.3 Å². The van der Waals surface area contributed by atoms with E-state index in [-0.39, 0.29) is 11.3 Å². The summed E-state index contributed by atoms with van der Waals surface area (Å²) in [5.74, 6) is 0.528. The zero-order valence-electron chi connectivity index (χ0n) is 13.2. The molecule has 0 aromatic heterocycles. The molecule has 120 valence electrons. The van der Waals surface area contributed by atoms with Gasteiger partial charge in [-0.05, 0) is 37.1 Å². The van der Waals surface area contributed by atoms with E-state index in [0.29, 0.717) is 19.1 Å². The smallest absolute Gasteiger partial charge is 0.230 e. The Morgan fingerprint density at radius 2 is 2.05 bits per heavy atom. The first-order valence-electron chi connectivity index (χ1n) is 8.04. The second kappa shape index (κ2) is 6.77. The van der Waals surface area contributed by atoms with Gasteiger partial charge in [0.25, 0.3) is 0 Å². The van der Waals surface area contributed by atoms with Crippen molar-refractivity contribution in [2.45, 2.75) is 19.5 Å². The van der Waals surface area contributed by atoms with Gasteiger partial charge in [0.05, 0.1) is 12.0 Å². The molecule has 2 aliphatic heterocycles. The van der Waals surface area contributed by atoms with Gasteiger partial charge < -0.3 is 20.7 Å². The van der Waals surface area contributed by atoms with Crippen molar-refractivity contribution >= 4 is 5.91 Å². The molecule has 5 nitrogen and oxygen atoms in total. The van der Waals surface area contributed by atoms with E-state index in [0.717, 1.165) is 38.2 Å². The van der Waals surface area contributed by atoms with Gasteiger partial charge >= 0.3 is 0 Å². The fraction of sp³-hybridized carbons (Fsp3) is 0.588. The number of hydrogen-bond acceptors (Lipinski definition) is 4. The molecule has 0 aliphatic carbocycles. The topological polar surface area (TPSA) is 62.4 Å². The van der Waals surface area contributed by atoms with Gasteiger partial charge in [0.2, 0.25) is 5.91 Å². The number of carbonyl (C=O) groups excluding carboxylic acids is 1. The highest BCUT2D eigenvalue weighted by atomic mass is 16.5. The van der Waals surface area contributed by atoms with Crippen molar-refractivity contribution in [1.82, 2.24) is 16.0 Å². The Kier molecular flexibility index (Phi) is 4.76. The number of ether oxygens (including phenoxy) is 1. The Morgan fingerprint density at radius 1 is 1.32 bits per heavy atom. The standard InChI is InChI=1S/C17H25N3O2/c1-18-8-13-2-4-14(5-3-13)9-20-16(21)17-11-19-10-15(17)6-7-22-12-17/h2-5,15,18-19H,6-12H2,1H3,(H,20,21)/t15-,17+/m1/s1. The molecule has 0 bridgehead atoms. The van der Waals surface area contributed by atoms with E-state index in [9.17, 15) is 4.79 Å². The van der Waals surface area contributed by atoms with Crippen LogP contribution in [0.5, 0.6) is 0 Å². The molecule has 1 aromatic carbocycles. The summed E-state index contributed by atoms with van der Waals surface area (Å²) in [6.45, 7) is 4.40. The molecule has 2 saturated heterocycles. The summed E-state index contributed by atoms with van der Waals surface area (Å²) in [7, 11) is 1.94. The molecule has 3 rings (SSSR count). The number of hydrogen-bond donors (Lipinski definition) is 3. The highest BCUT2D eigenvalue weighted by molar-refractivity contribution is 5.84. The second-order valence-electron chi connectivity index (χ2n) is 6.35.